The van der Waals surface area contributed by atoms with Crippen molar-refractivity contribution >= 4 is 0 Å². The summed E-state index contributed by atoms with van der Waals surface area (Å²) >= 11 is 0. The lowest BCUT2D eigenvalue weighted by atomic mass is 9.97. The molecule has 1 heterocycles. The van der Waals surface area contributed by atoms with Crippen LogP contribution in [0.1, 0.15) is 35.4 Å². The maximum Gasteiger partial charge on any atom is 0.148 e. The van der Waals surface area contributed by atoms with Gasteiger partial charge in [-0.3, -0.25) is 0 Å². The number of aromatic nitrogens is 2. The molecule has 0 amide bonds. The number of nitrogens with two attached hydrogens (primary N) is 1. The van der Waals surface area contributed by atoms with E-state index >= 15 is 0 Å². The van der Waals surface area contributed by atoms with Crippen LogP contribution in [0.25, 0.3) is 11.3 Å². The molecule has 1 aliphatic carbocycles. The fourth-order valence-corrected chi connectivity index (χ4v) is 2.34. The SMILES string of the molecule is Cc1ccc(-c2ccnc(C3(N)CC3)n2)c(C)c1C. The molecule has 1 saturated carbocycles. The van der Waals surface area contributed by atoms with Crippen LogP contribution in [-0.2, 0) is 5.54 Å². The van der Waals surface area contributed by atoms with Gasteiger partial charge in [0.25, 0.3) is 0 Å². The Morgan fingerprint density at radius 2 is 1.79 bits per heavy atom. The first-order valence-electron chi connectivity index (χ1n) is 6.71. The molecule has 98 valence electrons. The third kappa shape index (κ3) is 2.04. The van der Waals surface area contributed by atoms with Crippen molar-refractivity contribution in [2.45, 2.75) is 39.2 Å². The van der Waals surface area contributed by atoms with Crippen LogP contribution in [0, 0.1) is 20.8 Å². The molecular weight excluding hydrogens is 234 g/mol. The van der Waals surface area contributed by atoms with E-state index in [-0.39, 0.29) is 5.54 Å². The topological polar surface area (TPSA) is 51.8 Å². The van der Waals surface area contributed by atoms with Crippen LogP contribution < -0.4 is 5.73 Å². The van der Waals surface area contributed by atoms with E-state index in [2.05, 4.69) is 42.9 Å². The standard InChI is InChI=1S/C16H19N3/c1-10-4-5-13(12(3)11(10)2)14-6-9-18-15(19-14)16(17)7-8-16/h4-6,9H,7-8,17H2,1-3H3. The number of benzene rings is 1. The predicted octanol–water partition coefficient (Wildman–Crippen LogP) is 3.02. The molecule has 2 N–H and O–H groups in total. The van der Waals surface area contributed by atoms with Gasteiger partial charge in [-0.2, -0.15) is 0 Å². The minimum absolute atomic E-state index is 0.274. The van der Waals surface area contributed by atoms with E-state index in [1.54, 1.807) is 0 Å². The predicted molar refractivity (Wildman–Crippen MR) is 76.8 cm³/mol. The highest BCUT2D eigenvalue weighted by molar-refractivity contribution is 5.65. The molecule has 0 spiro atoms. The fraction of sp³-hybridized carbons (Fsp3) is 0.375. The number of aryl methyl sites for hydroxylation is 1. The molecule has 0 unspecified atom stereocenters. The second-order valence-electron chi connectivity index (χ2n) is 5.60. The number of rotatable bonds is 2. The summed E-state index contributed by atoms with van der Waals surface area (Å²) in [6, 6.07) is 6.25. The number of hydrogen-bond acceptors (Lipinski definition) is 3. The van der Waals surface area contributed by atoms with E-state index in [4.69, 9.17) is 5.73 Å². The first-order chi connectivity index (χ1) is 9.01. The molecule has 1 fully saturated rings. The van der Waals surface area contributed by atoms with Crippen molar-refractivity contribution in [1.82, 2.24) is 9.97 Å². The molecule has 3 nitrogen and oxygen atoms in total. The summed E-state index contributed by atoms with van der Waals surface area (Å²) < 4.78 is 0. The zero-order valence-electron chi connectivity index (χ0n) is 11.7. The Balaban J connectivity index is 2.10. The molecule has 1 aromatic carbocycles. The molecule has 0 atom stereocenters. The second-order valence-corrected chi connectivity index (χ2v) is 5.60. The Labute approximate surface area is 113 Å². The van der Waals surface area contributed by atoms with Gasteiger partial charge < -0.3 is 5.73 Å². The van der Waals surface area contributed by atoms with E-state index in [1.165, 1.54) is 22.3 Å². The van der Waals surface area contributed by atoms with Gasteiger partial charge in [0.15, 0.2) is 0 Å². The van der Waals surface area contributed by atoms with E-state index in [9.17, 15) is 0 Å². The summed E-state index contributed by atoms with van der Waals surface area (Å²) in [6.07, 6.45) is 3.80. The van der Waals surface area contributed by atoms with Gasteiger partial charge >= 0.3 is 0 Å². The summed E-state index contributed by atoms with van der Waals surface area (Å²) in [5.74, 6) is 0.780. The van der Waals surface area contributed by atoms with E-state index in [0.29, 0.717) is 0 Å². The van der Waals surface area contributed by atoms with Crippen LogP contribution in [0.5, 0.6) is 0 Å². The molecule has 0 aliphatic heterocycles. The molecule has 1 aromatic heterocycles. The molecule has 19 heavy (non-hydrogen) atoms. The summed E-state index contributed by atoms with van der Waals surface area (Å²) in [6.45, 7) is 6.44. The Kier molecular flexibility index (Phi) is 2.68. The smallest absolute Gasteiger partial charge is 0.148 e. The largest absolute Gasteiger partial charge is 0.319 e. The number of nitrogens with zero attached hydrogens (tertiary/aromatic N) is 2. The summed E-state index contributed by atoms with van der Waals surface area (Å²) in [5.41, 5.74) is 12.0. The highest BCUT2D eigenvalue weighted by atomic mass is 15.0. The van der Waals surface area contributed by atoms with Crippen molar-refractivity contribution in [3.63, 3.8) is 0 Å². The average molecular weight is 253 g/mol. The molecule has 1 aliphatic rings. The first-order valence-corrected chi connectivity index (χ1v) is 6.71. The third-order valence-corrected chi connectivity index (χ3v) is 4.22. The highest BCUT2D eigenvalue weighted by Gasteiger charge is 2.43. The summed E-state index contributed by atoms with van der Waals surface area (Å²) in [5, 5.41) is 0. The number of hydrogen-bond donors (Lipinski definition) is 1. The van der Waals surface area contributed by atoms with Crippen molar-refractivity contribution in [1.29, 1.82) is 0 Å². The quantitative estimate of drug-likeness (QED) is 0.895. The van der Waals surface area contributed by atoms with Crippen LogP contribution in [0.4, 0.5) is 0 Å². The van der Waals surface area contributed by atoms with Crippen LogP contribution in [0.15, 0.2) is 24.4 Å². The second kappa shape index (κ2) is 4.14. The lowest BCUT2D eigenvalue weighted by molar-refractivity contribution is 0.673. The van der Waals surface area contributed by atoms with Gasteiger partial charge in [-0.1, -0.05) is 12.1 Å². The maximum atomic E-state index is 6.18. The van der Waals surface area contributed by atoms with Gasteiger partial charge in [0.1, 0.15) is 5.82 Å². The zero-order chi connectivity index (χ0) is 13.6. The minimum Gasteiger partial charge on any atom is -0.319 e. The maximum absolute atomic E-state index is 6.18. The Morgan fingerprint density at radius 3 is 2.47 bits per heavy atom. The lowest BCUT2D eigenvalue weighted by Gasteiger charge is -2.13. The Hall–Kier alpha value is -1.74. The van der Waals surface area contributed by atoms with E-state index < -0.39 is 0 Å². The van der Waals surface area contributed by atoms with Crippen molar-refractivity contribution in [2.75, 3.05) is 0 Å². The Bertz CT molecular complexity index is 642. The Morgan fingerprint density at radius 1 is 1.05 bits per heavy atom. The lowest BCUT2D eigenvalue weighted by Crippen LogP contribution is -2.22. The van der Waals surface area contributed by atoms with E-state index in [0.717, 1.165) is 24.4 Å². The van der Waals surface area contributed by atoms with Crippen LogP contribution in [0.3, 0.4) is 0 Å². The van der Waals surface area contributed by atoms with Gasteiger partial charge in [-0.15, -0.1) is 0 Å². The molecule has 0 radical (unpaired) electrons. The van der Waals surface area contributed by atoms with Crippen molar-refractivity contribution in [3.05, 3.63) is 46.9 Å². The molecule has 2 aromatic rings. The minimum atomic E-state index is -0.274. The first kappa shape index (κ1) is 12.3. The van der Waals surface area contributed by atoms with E-state index in [1.807, 2.05) is 12.3 Å². The monoisotopic (exact) mass is 253 g/mol. The molecule has 0 saturated heterocycles. The van der Waals surface area contributed by atoms with Crippen molar-refractivity contribution < 1.29 is 0 Å². The molecule has 3 heteroatoms. The molecule has 0 bridgehead atoms. The average Bonchev–Trinajstić information content (AvgIpc) is 3.16. The summed E-state index contributed by atoms with van der Waals surface area (Å²) in [4.78, 5) is 9.00. The fourth-order valence-electron chi connectivity index (χ4n) is 2.34. The highest BCUT2D eigenvalue weighted by Crippen LogP contribution is 2.41. The zero-order valence-corrected chi connectivity index (χ0v) is 11.7. The van der Waals surface area contributed by atoms with Gasteiger partial charge in [-0.05, 0) is 56.4 Å². The van der Waals surface area contributed by atoms with Crippen molar-refractivity contribution in [2.24, 2.45) is 5.73 Å². The normalized spacial score (nSPS) is 16.4. The third-order valence-electron chi connectivity index (χ3n) is 4.22. The van der Waals surface area contributed by atoms with Crippen molar-refractivity contribution in [3.8, 4) is 11.3 Å². The van der Waals surface area contributed by atoms with Gasteiger partial charge in [-0.25, -0.2) is 9.97 Å². The summed E-state index contributed by atoms with van der Waals surface area (Å²) in [7, 11) is 0. The van der Waals surface area contributed by atoms with Crippen LogP contribution in [-0.4, -0.2) is 9.97 Å². The van der Waals surface area contributed by atoms with Gasteiger partial charge in [0.2, 0.25) is 0 Å². The van der Waals surface area contributed by atoms with Gasteiger partial charge in [0, 0.05) is 11.8 Å². The van der Waals surface area contributed by atoms with Crippen LogP contribution in [0.2, 0.25) is 0 Å². The van der Waals surface area contributed by atoms with Crippen LogP contribution >= 0.6 is 0 Å². The molecular formula is C16H19N3. The van der Waals surface area contributed by atoms with Gasteiger partial charge in [0.05, 0.1) is 11.2 Å². The molecule has 3 rings (SSSR count).